The molecule has 2 heteroatoms. The Balaban J connectivity index is 1.03. The van der Waals surface area contributed by atoms with Crippen molar-refractivity contribution in [3.8, 4) is 55.6 Å². The van der Waals surface area contributed by atoms with Crippen molar-refractivity contribution in [3.05, 3.63) is 237 Å². The number of benzene rings is 10. The van der Waals surface area contributed by atoms with Crippen molar-refractivity contribution in [2.24, 2.45) is 0 Å². The van der Waals surface area contributed by atoms with Crippen LogP contribution in [0.1, 0.15) is 0 Å². The molecule has 282 valence electrons. The van der Waals surface area contributed by atoms with Gasteiger partial charge in [-0.3, -0.25) is 0 Å². The summed E-state index contributed by atoms with van der Waals surface area (Å²) in [7, 11) is 0. The molecule has 10 aromatic carbocycles. The van der Waals surface area contributed by atoms with E-state index in [0.29, 0.717) is 0 Å². The Morgan fingerprint density at radius 1 is 0.267 bits per heavy atom. The molecule has 0 spiro atoms. The van der Waals surface area contributed by atoms with Crippen LogP contribution in [0, 0.1) is 0 Å². The minimum atomic E-state index is 0.897. The molecule has 0 unspecified atom stereocenters. The lowest BCUT2D eigenvalue weighted by Gasteiger charge is -2.28. The van der Waals surface area contributed by atoms with Crippen molar-refractivity contribution in [1.29, 1.82) is 0 Å². The molecule has 60 heavy (non-hydrogen) atoms. The Labute approximate surface area is 349 Å². The smallest absolute Gasteiger partial charge is 0.143 e. The molecule has 0 radical (unpaired) electrons. The highest BCUT2D eigenvalue weighted by molar-refractivity contribution is 6.13. The quantitative estimate of drug-likeness (QED) is 0.153. The Hall–Kier alpha value is -7.94. The first kappa shape index (κ1) is 35.2. The zero-order valence-corrected chi connectivity index (χ0v) is 32.9. The van der Waals surface area contributed by atoms with Crippen molar-refractivity contribution >= 4 is 49.8 Å². The lowest BCUT2D eigenvalue weighted by molar-refractivity contribution is 0.671. The van der Waals surface area contributed by atoms with Crippen LogP contribution in [0.15, 0.2) is 241 Å². The number of para-hydroxylation sites is 3. The highest BCUT2D eigenvalue weighted by Gasteiger charge is 2.20. The van der Waals surface area contributed by atoms with E-state index in [4.69, 9.17) is 4.42 Å². The second-order valence-electron chi connectivity index (χ2n) is 15.3. The summed E-state index contributed by atoms with van der Waals surface area (Å²) < 4.78 is 6.81. The number of rotatable bonds is 8. The first-order valence-electron chi connectivity index (χ1n) is 20.5. The van der Waals surface area contributed by atoms with E-state index >= 15 is 0 Å². The molecule has 0 amide bonds. The van der Waals surface area contributed by atoms with Gasteiger partial charge in [0, 0.05) is 38.8 Å². The number of hydrogen-bond acceptors (Lipinski definition) is 2. The standard InChI is InChI=1S/C58H39NO/c1-3-15-40(16-4-1)41-31-35-47(36-32-41)59(56-30-10-9-24-51(56)46-22-11-21-45(39-46)50-25-12-20-42-19-7-8-23-49(42)50)48-37-33-44(34-38-48)53-27-14-29-55-54-28-13-26-52(57(54)60-58(53)55)43-17-5-2-6-18-43/h1-39H. The summed E-state index contributed by atoms with van der Waals surface area (Å²) in [4.78, 5) is 2.38. The van der Waals surface area contributed by atoms with Gasteiger partial charge in [0.15, 0.2) is 0 Å². The molecule has 11 rings (SSSR count). The first-order chi connectivity index (χ1) is 29.8. The predicted molar refractivity (Wildman–Crippen MR) is 253 cm³/mol. The van der Waals surface area contributed by atoms with Crippen molar-refractivity contribution in [2.75, 3.05) is 4.90 Å². The van der Waals surface area contributed by atoms with Crippen LogP contribution in [0.2, 0.25) is 0 Å². The summed E-state index contributed by atoms with van der Waals surface area (Å²) in [6.07, 6.45) is 0. The number of anilines is 3. The molecule has 0 N–H and O–H groups in total. The SMILES string of the molecule is c1ccc(-c2ccc(N(c3ccc(-c4cccc5c4oc4c(-c6ccccc6)cccc45)cc3)c3ccccc3-c3cccc(-c4cccc5ccccc45)c3)cc2)cc1. The van der Waals surface area contributed by atoms with Gasteiger partial charge in [-0.15, -0.1) is 0 Å². The van der Waals surface area contributed by atoms with Gasteiger partial charge in [-0.1, -0.05) is 200 Å². The zero-order valence-electron chi connectivity index (χ0n) is 32.9. The van der Waals surface area contributed by atoms with Crippen LogP contribution < -0.4 is 4.90 Å². The van der Waals surface area contributed by atoms with E-state index < -0.39 is 0 Å². The maximum absolute atomic E-state index is 6.81. The van der Waals surface area contributed by atoms with Gasteiger partial charge in [0.05, 0.1) is 5.69 Å². The Kier molecular flexibility index (Phi) is 8.87. The van der Waals surface area contributed by atoms with Crippen LogP contribution in [-0.2, 0) is 0 Å². The van der Waals surface area contributed by atoms with Crippen molar-refractivity contribution < 1.29 is 4.42 Å². The molecule has 11 aromatic rings. The molecular weight excluding hydrogens is 727 g/mol. The second-order valence-corrected chi connectivity index (χ2v) is 15.3. The van der Waals surface area contributed by atoms with E-state index in [1.165, 1.54) is 33.0 Å². The third-order valence-electron chi connectivity index (χ3n) is 11.7. The first-order valence-corrected chi connectivity index (χ1v) is 20.5. The molecule has 0 fully saturated rings. The summed E-state index contributed by atoms with van der Waals surface area (Å²) in [5, 5.41) is 4.73. The summed E-state index contributed by atoms with van der Waals surface area (Å²) >= 11 is 0. The normalized spacial score (nSPS) is 11.3. The van der Waals surface area contributed by atoms with Gasteiger partial charge in [-0.2, -0.15) is 0 Å². The molecule has 0 aliphatic rings. The van der Waals surface area contributed by atoms with Gasteiger partial charge in [0.25, 0.3) is 0 Å². The Morgan fingerprint density at radius 2 is 0.683 bits per heavy atom. The van der Waals surface area contributed by atoms with Gasteiger partial charge >= 0.3 is 0 Å². The summed E-state index contributed by atoms with van der Waals surface area (Å²) in [5.74, 6) is 0. The van der Waals surface area contributed by atoms with Gasteiger partial charge in [0.2, 0.25) is 0 Å². The average Bonchev–Trinajstić information content (AvgIpc) is 3.72. The van der Waals surface area contributed by atoms with E-state index in [1.54, 1.807) is 0 Å². The van der Waals surface area contributed by atoms with Gasteiger partial charge < -0.3 is 9.32 Å². The lowest BCUT2D eigenvalue weighted by atomic mass is 9.94. The Morgan fingerprint density at radius 3 is 1.37 bits per heavy atom. The van der Waals surface area contributed by atoms with E-state index in [-0.39, 0.29) is 0 Å². The van der Waals surface area contributed by atoms with Crippen LogP contribution >= 0.6 is 0 Å². The summed E-state index contributed by atoms with van der Waals surface area (Å²) in [6, 6.07) is 84.7. The van der Waals surface area contributed by atoms with Crippen LogP contribution in [0.3, 0.4) is 0 Å². The van der Waals surface area contributed by atoms with Crippen molar-refractivity contribution in [2.45, 2.75) is 0 Å². The third-order valence-corrected chi connectivity index (χ3v) is 11.7. The maximum atomic E-state index is 6.81. The van der Waals surface area contributed by atoms with E-state index in [1.807, 2.05) is 0 Å². The van der Waals surface area contributed by atoms with E-state index in [9.17, 15) is 0 Å². The number of nitrogens with zero attached hydrogens (tertiary/aromatic N) is 1. The zero-order chi connectivity index (χ0) is 39.8. The molecule has 0 aliphatic heterocycles. The highest BCUT2D eigenvalue weighted by atomic mass is 16.3. The molecule has 0 saturated heterocycles. The van der Waals surface area contributed by atoms with Gasteiger partial charge in [-0.05, 0) is 86.1 Å². The van der Waals surface area contributed by atoms with Crippen molar-refractivity contribution in [1.82, 2.24) is 0 Å². The summed E-state index contributed by atoms with van der Waals surface area (Å²) in [6.45, 7) is 0. The summed E-state index contributed by atoms with van der Waals surface area (Å²) in [5.41, 5.74) is 16.6. The average molecular weight is 766 g/mol. The number of fused-ring (bicyclic) bond motifs is 4. The molecular formula is C58H39NO. The fraction of sp³-hybridized carbons (Fsp3) is 0. The lowest BCUT2D eigenvalue weighted by Crippen LogP contribution is -2.11. The fourth-order valence-electron chi connectivity index (χ4n) is 8.79. The molecule has 0 bridgehead atoms. The third kappa shape index (κ3) is 6.32. The van der Waals surface area contributed by atoms with Crippen LogP contribution in [-0.4, -0.2) is 0 Å². The van der Waals surface area contributed by atoms with Gasteiger partial charge in [0.1, 0.15) is 11.2 Å². The molecule has 0 aliphatic carbocycles. The topological polar surface area (TPSA) is 16.4 Å². The van der Waals surface area contributed by atoms with E-state index in [2.05, 4.69) is 241 Å². The van der Waals surface area contributed by atoms with E-state index in [0.717, 1.165) is 72.4 Å². The predicted octanol–water partition coefficient (Wildman–Crippen LogP) is 16.5. The largest absolute Gasteiger partial charge is 0.455 e. The van der Waals surface area contributed by atoms with Crippen LogP contribution in [0.25, 0.3) is 88.3 Å². The molecule has 1 aromatic heterocycles. The van der Waals surface area contributed by atoms with Crippen molar-refractivity contribution in [3.63, 3.8) is 0 Å². The second kappa shape index (κ2) is 15.1. The fourth-order valence-corrected chi connectivity index (χ4v) is 8.79. The molecule has 1 heterocycles. The molecule has 0 atom stereocenters. The van der Waals surface area contributed by atoms with Crippen LogP contribution in [0.5, 0.6) is 0 Å². The van der Waals surface area contributed by atoms with Crippen LogP contribution in [0.4, 0.5) is 17.1 Å². The molecule has 2 nitrogen and oxygen atoms in total. The Bertz CT molecular complexity index is 3290. The van der Waals surface area contributed by atoms with Gasteiger partial charge in [-0.25, -0.2) is 0 Å². The molecule has 0 saturated carbocycles. The minimum absolute atomic E-state index is 0.897. The number of hydrogen-bond donors (Lipinski definition) is 0. The maximum Gasteiger partial charge on any atom is 0.143 e. The monoisotopic (exact) mass is 765 g/mol. The highest BCUT2D eigenvalue weighted by Crippen LogP contribution is 2.44. The number of furan rings is 1. The minimum Gasteiger partial charge on any atom is -0.455 e.